The summed E-state index contributed by atoms with van der Waals surface area (Å²) in [4.78, 5) is 0. The highest BCUT2D eigenvalue weighted by Crippen LogP contribution is 2.36. The van der Waals surface area contributed by atoms with Gasteiger partial charge in [-0.3, -0.25) is 0 Å². The van der Waals surface area contributed by atoms with Crippen molar-refractivity contribution in [2.45, 2.75) is 159 Å². The van der Waals surface area contributed by atoms with Crippen molar-refractivity contribution in [1.29, 1.82) is 0 Å². The van der Waals surface area contributed by atoms with E-state index in [1.807, 2.05) is 0 Å². The molecule has 0 heterocycles. The second-order valence-corrected chi connectivity index (χ2v) is 14.6. The van der Waals surface area contributed by atoms with Gasteiger partial charge in [0.1, 0.15) is 0 Å². The first-order valence-electron chi connectivity index (χ1n) is 16.0. The normalized spacial score (nSPS) is 42.5. The lowest BCUT2D eigenvalue weighted by Gasteiger charge is -2.28. The van der Waals surface area contributed by atoms with Gasteiger partial charge in [0.05, 0.1) is 0 Å². The average molecular weight is 477 g/mol. The minimum atomic E-state index is 1.01. The van der Waals surface area contributed by atoms with Gasteiger partial charge < -0.3 is 0 Å². The standard InChI is InChI=1S/2C8H16.C7H14.C6H12.C5H10/c1-7-3-5-8(2)6-4-7;1-7-4-3-5-8(2)6-7;1-6-3-4-7(2)5-6;1-5-3-6(2)4-5;1-4-3-5(4)2/h2*7-8H,3-6H2,1-2H3;6-7H,3-5H2,1-2H3;5-6H,3-4H2,1-2H3;4-5H,3H2,1-2H3. The molecule has 0 spiro atoms. The fraction of sp³-hybridized carbons (Fsp3) is 1.00. The van der Waals surface area contributed by atoms with E-state index >= 15 is 0 Å². The molecule has 0 aromatic rings. The molecule has 34 heavy (non-hydrogen) atoms. The van der Waals surface area contributed by atoms with E-state index in [0.29, 0.717) is 0 Å². The third-order valence-corrected chi connectivity index (χ3v) is 9.58. The lowest BCUT2D eigenvalue weighted by Crippen LogP contribution is -2.16. The highest BCUT2D eigenvalue weighted by Gasteiger charge is 2.26. The van der Waals surface area contributed by atoms with Gasteiger partial charge in [-0.15, -0.1) is 0 Å². The second kappa shape index (κ2) is 17.5. The van der Waals surface area contributed by atoms with Crippen molar-refractivity contribution in [3.05, 3.63) is 0 Å². The van der Waals surface area contributed by atoms with Gasteiger partial charge in [0.15, 0.2) is 0 Å². The Hall–Kier alpha value is 0. The Morgan fingerprint density at radius 2 is 0.500 bits per heavy atom. The summed E-state index contributed by atoms with van der Waals surface area (Å²) >= 11 is 0. The largest absolute Gasteiger partial charge is 0.0625 e. The minimum absolute atomic E-state index is 1.01. The molecule has 0 saturated heterocycles. The van der Waals surface area contributed by atoms with E-state index in [2.05, 4.69) is 69.2 Å². The van der Waals surface area contributed by atoms with E-state index < -0.39 is 0 Å². The summed E-state index contributed by atoms with van der Waals surface area (Å²) in [6.07, 6.45) is 20.6. The Labute approximate surface area is 218 Å². The Morgan fingerprint density at radius 1 is 0.265 bits per heavy atom. The van der Waals surface area contributed by atoms with Gasteiger partial charge in [0.2, 0.25) is 0 Å². The molecule has 6 unspecified atom stereocenters. The van der Waals surface area contributed by atoms with Gasteiger partial charge in [-0.25, -0.2) is 0 Å². The predicted octanol–water partition coefficient (Wildman–Crippen LogP) is 11.8. The summed E-state index contributed by atoms with van der Waals surface area (Å²) in [7, 11) is 0. The molecule has 204 valence electrons. The molecular formula is C34H68. The molecule has 0 N–H and O–H groups in total. The van der Waals surface area contributed by atoms with Crippen LogP contribution in [0.25, 0.3) is 0 Å². The van der Waals surface area contributed by atoms with Crippen LogP contribution in [0.15, 0.2) is 0 Å². The zero-order valence-corrected chi connectivity index (χ0v) is 25.7. The zero-order chi connectivity index (χ0) is 25.7. The van der Waals surface area contributed by atoms with Gasteiger partial charge in [-0.1, -0.05) is 127 Å². The first-order chi connectivity index (χ1) is 16.0. The first-order valence-corrected chi connectivity index (χ1v) is 16.0. The maximum absolute atomic E-state index is 2.37. The molecule has 0 aromatic carbocycles. The van der Waals surface area contributed by atoms with E-state index in [9.17, 15) is 0 Å². The molecule has 5 rings (SSSR count). The molecule has 0 heteroatoms. The SMILES string of the molecule is CC1CC(C)C1.CC1CC1C.CC1CCC(C)C1.CC1CCC(C)CC1.CC1CCCC(C)C1. The maximum atomic E-state index is 2.37. The quantitative estimate of drug-likeness (QED) is 0.326. The van der Waals surface area contributed by atoms with Crippen molar-refractivity contribution in [2.75, 3.05) is 0 Å². The fourth-order valence-corrected chi connectivity index (χ4v) is 6.47. The van der Waals surface area contributed by atoms with Crippen molar-refractivity contribution < 1.29 is 0 Å². The van der Waals surface area contributed by atoms with E-state index in [1.165, 1.54) is 89.9 Å². The summed E-state index contributed by atoms with van der Waals surface area (Å²) < 4.78 is 0. The molecule has 5 aliphatic rings. The van der Waals surface area contributed by atoms with E-state index in [1.54, 1.807) is 0 Å². The van der Waals surface area contributed by atoms with Gasteiger partial charge >= 0.3 is 0 Å². The molecule has 6 atom stereocenters. The summed E-state index contributed by atoms with van der Waals surface area (Å²) in [6, 6.07) is 0. The molecule has 0 bridgehead atoms. The van der Waals surface area contributed by atoms with E-state index in [4.69, 9.17) is 0 Å². The molecule has 0 aliphatic heterocycles. The highest BCUT2D eigenvalue weighted by atomic mass is 14.3. The Bertz CT molecular complexity index is 428. The van der Waals surface area contributed by atoms with Crippen LogP contribution in [0.4, 0.5) is 0 Å². The van der Waals surface area contributed by atoms with Crippen LogP contribution in [0.1, 0.15) is 159 Å². The van der Waals surface area contributed by atoms with Crippen LogP contribution >= 0.6 is 0 Å². The monoisotopic (exact) mass is 477 g/mol. The fourth-order valence-electron chi connectivity index (χ4n) is 6.47. The van der Waals surface area contributed by atoms with Crippen LogP contribution in [0.5, 0.6) is 0 Å². The molecule has 5 aliphatic carbocycles. The highest BCUT2D eigenvalue weighted by molar-refractivity contribution is 4.76. The van der Waals surface area contributed by atoms with Crippen molar-refractivity contribution in [3.8, 4) is 0 Å². The van der Waals surface area contributed by atoms with Crippen molar-refractivity contribution in [2.24, 2.45) is 59.2 Å². The number of hydrogen-bond donors (Lipinski definition) is 0. The van der Waals surface area contributed by atoms with Crippen LogP contribution in [0.3, 0.4) is 0 Å². The van der Waals surface area contributed by atoms with Crippen LogP contribution in [0.2, 0.25) is 0 Å². The molecule has 0 aromatic heterocycles. The van der Waals surface area contributed by atoms with Crippen LogP contribution in [0, 0.1) is 59.2 Å². The zero-order valence-electron chi connectivity index (χ0n) is 25.7. The summed E-state index contributed by atoms with van der Waals surface area (Å²) in [5.41, 5.74) is 0. The predicted molar refractivity (Wildman–Crippen MR) is 156 cm³/mol. The van der Waals surface area contributed by atoms with Gasteiger partial charge in [0.25, 0.3) is 0 Å². The van der Waals surface area contributed by atoms with Crippen molar-refractivity contribution >= 4 is 0 Å². The summed E-state index contributed by atoms with van der Waals surface area (Å²) in [5, 5.41) is 0. The smallest absolute Gasteiger partial charge is 0.0414 e. The summed E-state index contributed by atoms with van der Waals surface area (Å²) in [6.45, 7) is 23.4. The second-order valence-electron chi connectivity index (χ2n) is 14.6. The maximum Gasteiger partial charge on any atom is -0.0414 e. The Balaban J connectivity index is 0.000000214. The van der Waals surface area contributed by atoms with Gasteiger partial charge in [-0.2, -0.15) is 0 Å². The van der Waals surface area contributed by atoms with Crippen LogP contribution in [-0.4, -0.2) is 0 Å². The first kappa shape index (κ1) is 32.0. The minimum Gasteiger partial charge on any atom is -0.0625 e. The van der Waals surface area contributed by atoms with E-state index in [0.717, 1.165) is 59.2 Å². The van der Waals surface area contributed by atoms with Crippen molar-refractivity contribution in [1.82, 2.24) is 0 Å². The Morgan fingerprint density at radius 3 is 0.647 bits per heavy atom. The topological polar surface area (TPSA) is 0 Å². The molecule has 0 radical (unpaired) electrons. The lowest BCUT2D eigenvalue weighted by atomic mass is 9.78. The third-order valence-electron chi connectivity index (χ3n) is 9.58. The molecule has 0 nitrogen and oxygen atoms in total. The lowest BCUT2D eigenvalue weighted by molar-refractivity contribution is 0.233. The molecule has 0 amide bonds. The van der Waals surface area contributed by atoms with E-state index in [-0.39, 0.29) is 0 Å². The molecule has 5 fully saturated rings. The summed E-state index contributed by atoms with van der Waals surface area (Å²) in [5.74, 6) is 10.3. The van der Waals surface area contributed by atoms with Gasteiger partial charge in [0, 0.05) is 0 Å². The van der Waals surface area contributed by atoms with Gasteiger partial charge in [-0.05, 0) is 91.3 Å². The number of rotatable bonds is 0. The van der Waals surface area contributed by atoms with Crippen LogP contribution < -0.4 is 0 Å². The molecular weight excluding hydrogens is 408 g/mol. The van der Waals surface area contributed by atoms with Crippen molar-refractivity contribution in [3.63, 3.8) is 0 Å². The Kier molecular flexibility index (Phi) is 16.4. The van der Waals surface area contributed by atoms with Crippen LogP contribution in [-0.2, 0) is 0 Å². The number of hydrogen-bond acceptors (Lipinski definition) is 0. The average Bonchev–Trinajstić information content (AvgIpc) is 3.24. The molecule has 5 saturated carbocycles. The third kappa shape index (κ3) is 16.6.